The van der Waals surface area contributed by atoms with Gasteiger partial charge in [-0.25, -0.2) is 4.99 Å². The molecule has 0 aromatic rings. The van der Waals surface area contributed by atoms with E-state index in [1.54, 1.807) is 0 Å². The van der Waals surface area contributed by atoms with E-state index in [-0.39, 0.29) is 17.2 Å². The van der Waals surface area contributed by atoms with Crippen LogP contribution in [0.25, 0.3) is 0 Å². The van der Waals surface area contributed by atoms with E-state index in [4.69, 9.17) is 22.9 Å². The molecule has 0 unspecified atom stereocenters. The molecule has 0 amide bonds. The summed E-state index contributed by atoms with van der Waals surface area (Å²) in [4.78, 5) is 3.49. The molecule has 0 bridgehead atoms. The monoisotopic (exact) mass is 141 g/mol. The highest BCUT2D eigenvalue weighted by molar-refractivity contribution is 5.53. The minimum absolute atomic E-state index is 0.0787. The molecule has 8 N–H and O–H groups in total. The van der Waals surface area contributed by atoms with E-state index in [2.05, 4.69) is 11.6 Å². The van der Waals surface area contributed by atoms with Crippen LogP contribution in [0.4, 0.5) is 0 Å². The smallest absolute Gasteiger partial charge is 0.150 e. The van der Waals surface area contributed by atoms with E-state index >= 15 is 0 Å². The van der Waals surface area contributed by atoms with Gasteiger partial charge in [0.2, 0.25) is 0 Å². The van der Waals surface area contributed by atoms with Crippen LogP contribution in [-0.2, 0) is 0 Å². The molecule has 0 aromatic carbocycles. The molecule has 0 radical (unpaired) electrons. The Hall–Kier alpha value is -1.65. The van der Waals surface area contributed by atoms with Crippen LogP contribution in [0.2, 0.25) is 0 Å². The molecule has 56 valence electrons. The van der Waals surface area contributed by atoms with Crippen LogP contribution in [0.5, 0.6) is 0 Å². The van der Waals surface area contributed by atoms with Crippen LogP contribution in [0, 0.1) is 0 Å². The Labute approximate surface area is 59.1 Å². The van der Waals surface area contributed by atoms with Gasteiger partial charge in [0, 0.05) is 0 Å². The molecular weight excluding hydrogens is 130 g/mol. The van der Waals surface area contributed by atoms with Gasteiger partial charge in [0.15, 0.2) is 0 Å². The third-order valence-corrected chi connectivity index (χ3v) is 0.836. The van der Waals surface area contributed by atoms with Crippen molar-refractivity contribution in [3.8, 4) is 0 Å². The van der Waals surface area contributed by atoms with E-state index in [1.807, 2.05) is 0 Å². The quantitative estimate of drug-likeness (QED) is 0.213. The second-order valence-corrected chi connectivity index (χ2v) is 1.60. The summed E-state index contributed by atoms with van der Waals surface area (Å²) in [5.74, 6) is 0.0787. The van der Waals surface area contributed by atoms with Crippen molar-refractivity contribution in [3.63, 3.8) is 0 Å². The highest BCUT2D eigenvalue weighted by Crippen LogP contribution is 1.96. The van der Waals surface area contributed by atoms with Crippen LogP contribution >= 0.6 is 0 Å². The minimum Gasteiger partial charge on any atom is -0.397 e. The van der Waals surface area contributed by atoms with E-state index in [0.29, 0.717) is 0 Å². The van der Waals surface area contributed by atoms with Crippen LogP contribution in [0.1, 0.15) is 0 Å². The van der Waals surface area contributed by atoms with Gasteiger partial charge in [0.25, 0.3) is 0 Å². The molecule has 0 aliphatic carbocycles. The minimum atomic E-state index is 0.0787. The predicted molar refractivity (Wildman–Crippen MR) is 41.4 cm³/mol. The maximum atomic E-state index is 5.31. The number of nitrogens with zero attached hydrogens (tertiary/aromatic N) is 1. The molecule has 0 saturated carbocycles. The molecule has 0 spiro atoms. The lowest BCUT2D eigenvalue weighted by Crippen LogP contribution is -2.15. The third-order valence-electron chi connectivity index (χ3n) is 0.836. The molecule has 0 saturated heterocycles. The lowest BCUT2D eigenvalue weighted by Gasteiger charge is -1.99. The van der Waals surface area contributed by atoms with Gasteiger partial charge < -0.3 is 22.9 Å². The first-order chi connectivity index (χ1) is 4.59. The summed E-state index contributed by atoms with van der Waals surface area (Å²) >= 11 is 0. The fourth-order valence-electron chi connectivity index (χ4n) is 0.314. The number of aliphatic imine (C=N–C) groups is 1. The van der Waals surface area contributed by atoms with Crippen molar-refractivity contribution in [2.24, 2.45) is 27.9 Å². The summed E-state index contributed by atoms with van der Waals surface area (Å²) in [7, 11) is 0. The molecule has 0 rings (SSSR count). The van der Waals surface area contributed by atoms with E-state index in [9.17, 15) is 0 Å². The Morgan fingerprint density at radius 2 is 1.80 bits per heavy atom. The maximum Gasteiger partial charge on any atom is 0.150 e. The van der Waals surface area contributed by atoms with Crippen LogP contribution in [0.15, 0.2) is 28.8 Å². The Morgan fingerprint density at radius 3 is 2.10 bits per heavy atom. The highest BCUT2D eigenvalue weighted by atomic mass is 15.0. The fraction of sp³-hybridized carbons (Fsp3) is 0. The third kappa shape index (κ3) is 2.08. The molecule has 0 aliphatic rings. The zero-order valence-corrected chi connectivity index (χ0v) is 5.54. The topological polar surface area (TPSA) is 116 Å². The largest absolute Gasteiger partial charge is 0.397 e. The van der Waals surface area contributed by atoms with Gasteiger partial charge in [-0.05, 0) is 0 Å². The first-order valence-electron chi connectivity index (χ1n) is 2.53. The van der Waals surface area contributed by atoms with Gasteiger partial charge in [0.1, 0.15) is 5.82 Å². The van der Waals surface area contributed by atoms with Crippen LogP contribution in [0.3, 0.4) is 0 Å². The fourth-order valence-corrected chi connectivity index (χ4v) is 0.314. The maximum absolute atomic E-state index is 5.31. The first-order valence-corrected chi connectivity index (χ1v) is 2.53. The van der Waals surface area contributed by atoms with E-state index in [1.165, 1.54) is 0 Å². The van der Waals surface area contributed by atoms with Gasteiger partial charge >= 0.3 is 0 Å². The second kappa shape index (κ2) is 3.39. The van der Waals surface area contributed by atoms with Crippen molar-refractivity contribution in [3.05, 3.63) is 23.8 Å². The summed E-state index contributed by atoms with van der Waals surface area (Å²) < 4.78 is 0. The Balaban J connectivity index is 4.50. The number of nitrogens with two attached hydrogens (primary N) is 4. The number of rotatable bonds is 2. The lowest BCUT2D eigenvalue weighted by atomic mass is 10.4. The summed E-state index contributed by atoms with van der Waals surface area (Å²) in [6.07, 6.45) is 1.03. The van der Waals surface area contributed by atoms with Crippen molar-refractivity contribution in [1.29, 1.82) is 0 Å². The molecule has 10 heavy (non-hydrogen) atoms. The van der Waals surface area contributed by atoms with Crippen LogP contribution < -0.4 is 22.9 Å². The molecule has 0 fully saturated rings. The standard InChI is InChI=1S/C5H11N5/c1-3(7)4(8)5(9)10-2-6/h2H,1,7-9H2,(H2,6,10)/b5-4+. The second-order valence-electron chi connectivity index (χ2n) is 1.60. The van der Waals surface area contributed by atoms with Crippen molar-refractivity contribution < 1.29 is 0 Å². The molecule has 0 atom stereocenters. The van der Waals surface area contributed by atoms with Crippen molar-refractivity contribution >= 4 is 6.34 Å². The Bertz CT molecular complexity index is 190. The summed E-state index contributed by atoms with van der Waals surface area (Å²) in [6.45, 7) is 3.36. The number of hydrogen-bond donors (Lipinski definition) is 4. The molecule has 5 nitrogen and oxygen atoms in total. The van der Waals surface area contributed by atoms with Crippen molar-refractivity contribution in [2.45, 2.75) is 0 Å². The van der Waals surface area contributed by atoms with E-state index < -0.39 is 0 Å². The molecular formula is C5H11N5. The summed E-state index contributed by atoms with van der Waals surface area (Å²) in [6, 6.07) is 0. The van der Waals surface area contributed by atoms with Gasteiger partial charge in [-0.3, -0.25) is 0 Å². The molecule has 0 aliphatic heterocycles. The predicted octanol–water partition coefficient (Wildman–Crippen LogP) is -1.47. The Kier molecular flexibility index (Phi) is 2.83. The molecule has 0 heterocycles. The average Bonchev–Trinajstić information content (AvgIpc) is 1.87. The number of hydrogen-bond acceptors (Lipinski definition) is 4. The molecule has 0 aromatic heterocycles. The van der Waals surface area contributed by atoms with Gasteiger partial charge in [-0.15, -0.1) is 0 Å². The van der Waals surface area contributed by atoms with Gasteiger partial charge in [0.05, 0.1) is 17.7 Å². The normalized spacial score (nSPS) is 13.2. The van der Waals surface area contributed by atoms with Crippen molar-refractivity contribution in [1.82, 2.24) is 0 Å². The van der Waals surface area contributed by atoms with Crippen LogP contribution in [-0.4, -0.2) is 6.34 Å². The SMILES string of the molecule is C=C(N)/C(N)=C(/N)N=CN. The zero-order chi connectivity index (χ0) is 8.15. The molecule has 5 heteroatoms. The highest BCUT2D eigenvalue weighted by Gasteiger charge is 1.95. The lowest BCUT2D eigenvalue weighted by molar-refractivity contribution is 1.12. The first kappa shape index (κ1) is 8.35. The van der Waals surface area contributed by atoms with E-state index in [0.717, 1.165) is 6.34 Å². The average molecular weight is 141 g/mol. The van der Waals surface area contributed by atoms with Gasteiger partial charge in [-0.2, -0.15) is 0 Å². The van der Waals surface area contributed by atoms with Gasteiger partial charge in [-0.1, -0.05) is 6.58 Å². The summed E-state index contributed by atoms with van der Waals surface area (Å²) in [5, 5.41) is 0. The van der Waals surface area contributed by atoms with Crippen molar-refractivity contribution in [2.75, 3.05) is 0 Å². The Morgan fingerprint density at radius 1 is 1.30 bits per heavy atom. The zero-order valence-electron chi connectivity index (χ0n) is 5.54. The summed E-state index contributed by atoms with van der Waals surface area (Å²) in [5.41, 5.74) is 21.0.